The van der Waals surface area contributed by atoms with Gasteiger partial charge in [0.15, 0.2) is 5.11 Å². The molecule has 23 heavy (non-hydrogen) atoms. The average Bonchev–Trinajstić information content (AvgIpc) is 2.59. The summed E-state index contributed by atoms with van der Waals surface area (Å²) in [4.78, 5) is 13.0. The van der Waals surface area contributed by atoms with E-state index in [-0.39, 0.29) is 0 Å². The van der Waals surface area contributed by atoms with Gasteiger partial charge >= 0.3 is 0 Å². The molecule has 6 heteroatoms. The maximum absolute atomic E-state index is 5.58. The van der Waals surface area contributed by atoms with E-state index >= 15 is 0 Å². The number of hydrogen-bond acceptors (Lipinski definition) is 4. The van der Waals surface area contributed by atoms with Crippen LogP contribution >= 0.6 is 12.2 Å². The molecule has 0 atom stereocenters. The van der Waals surface area contributed by atoms with Gasteiger partial charge in [-0.1, -0.05) is 12.1 Å². The van der Waals surface area contributed by atoms with Crippen molar-refractivity contribution in [2.24, 2.45) is 0 Å². The molecule has 2 heterocycles. The number of aromatic nitrogens is 2. The molecular formula is C17H21N5S. The molecule has 0 radical (unpaired) electrons. The van der Waals surface area contributed by atoms with Gasteiger partial charge in [0.2, 0.25) is 5.95 Å². The summed E-state index contributed by atoms with van der Waals surface area (Å²) in [6.07, 6.45) is 3.56. The molecule has 2 aromatic rings. The Morgan fingerprint density at radius 1 is 1.09 bits per heavy atom. The first-order valence-corrected chi connectivity index (χ1v) is 8.19. The summed E-state index contributed by atoms with van der Waals surface area (Å²) in [5.74, 6) is 0.792. The third-order valence-corrected chi connectivity index (χ3v) is 4.40. The second kappa shape index (κ2) is 6.91. The molecule has 1 aromatic carbocycles. The number of thiocarbonyl (C=S) groups is 1. The smallest absolute Gasteiger partial charge is 0.225 e. The molecule has 1 N–H and O–H groups in total. The average molecular weight is 327 g/mol. The van der Waals surface area contributed by atoms with E-state index in [1.807, 2.05) is 6.07 Å². The predicted molar refractivity (Wildman–Crippen MR) is 98.0 cm³/mol. The molecule has 0 unspecified atom stereocenters. The number of anilines is 2. The Morgan fingerprint density at radius 3 is 2.48 bits per heavy atom. The molecule has 1 saturated heterocycles. The van der Waals surface area contributed by atoms with Crippen LogP contribution < -0.4 is 10.2 Å². The number of piperazine rings is 1. The van der Waals surface area contributed by atoms with E-state index in [0.717, 1.165) is 42.9 Å². The Labute approximate surface area is 142 Å². The quantitative estimate of drug-likeness (QED) is 0.856. The summed E-state index contributed by atoms with van der Waals surface area (Å²) in [6.45, 7) is 7.67. The van der Waals surface area contributed by atoms with Crippen LogP contribution in [0.15, 0.2) is 36.7 Å². The Bertz CT molecular complexity index is 681. The summed E-state index contributed by atoms with van der Waals surface area (Å²) >= 11 is 5.58. The SMILES string of the molecule is Cc1ccc(C)c(NC(=S)N2CCN(c3ncccn3)CC2)c1. The van der Waals surface area contributed by atoms with Gasteiger partial charge in [0.25, 0.3) is 0 Å². The molecule has 0 aliphatic carbocycles. The van der Waals surface area contributed by atoms with Crippen molar-refractivity contribution in [3.05, 3.63) is 47.8 Å². The molecule has 5 nitrogen and oxygen atoms in total. The molecule has 0 bridgehead atoms. The third kappa shape index (κ3) is 3.76. The normalized spacial score (nSPS) is 14.7. The van der Waals surface area contributed by atoms with Crippen molar-refractivity contribution in [1.29, 1.82) is 0 Å². The summed E-state index contributed by atoms with van der Waals surface area (Å²) < 4.78 is 0. The number of nitrogens with one attached hydrogen (secondary N) is 1. The largest absolute Gasteiger partial charge is 0.345 e. The molecule has 1 aromatic heterocycles. The highest BCUT2D eigenvalue weighted by Crippen LogP contribution is 2.18. The van der Waals surface area contributed by atoms with Crippen molar-refractivity contribution >= 4 is 29.0 Å². The van der Waals surface area contributed by atoms with Gasteiger partial charge in [-0.2, -0.15) is 0 Å². The van der Waals surface area contributed by atoms with Crippen molar-refractivity contribution in [3.63, 3.8) is 0 Å². The van der Waals surface area contributed by atoms with Gasteiger partial charge in [-0.25, -0.2) is 9.97 Å². The number of hydrogen-bond donors (Lipinski definition) is 1. The fraction of sp³-hybridized carbons (Fsp3) is 0.353. The molecule has 1 fully saturated rings. The maximum atomic E-state index is 5.58. The highest BCUT2D eigenvalue weighted by molar-refractivity contribution is 7.80. The van der Waals surface area contributed by atoms with Crippen LogP contribution in [0.25, 0.3) is 0 Å². The van der Waals surface area contributed by atoms with Crippen molar-refractivity contribution in [2.75, 3.05) is 36.4 Å². The molecular weight excluding hydrogens is 306 g/mol. The van der Waals surface area contributed by atoms with E-state index in [1.54, 1.807) is 12.4 Å². The standard InChI is InChI=1S/C17H21N5S/c1-13-4-5-14(2)15(12-13)20-17(23)22-10-8-21(9-11-22)16-18-6-3-7-19-16/h3-7,12H,8-11H2,1-2H3,(H,20,23). The molecule has 1 aliphatic heterocycles. The van der Waals surface area contributed by atoms with E-state index in [9.17, 15) is 0 Å². The molecule has 120 valence electrons. The van der Waals surface area contributed by atoms with Crippen LogP contribution in [-0.2, 0) is 0 Å². The van der Waals surface area contributed by atoms with Crippen molar-refractivity contribution in [2.45, 2.75) is 13.8 Å². The third-order valence-electron chi connectivity index (χ3n) is 4.04. The zero-order valence-electron chi connectivity index (χ0n) is 13.5. The highest BCUT2D eigenvalue weighted by Gasteiger charge is 2.20. The van der Waals surface area contributed by atoms with Crippen LogP contribution in [0.5, 0.6) is 0 Å². The van der Waals surface area contributed by atoms with Gasteiger partial charge in [0.1, 0.15) is 0 Å². The van der Waals surface area contributed by atoms with Crippen LogP contribution in [0.4, 0.5) is 11.6 Å². The first-order valence-electron chi connectivity index (χ1n) is 7.78. The molecule has 0 saturated carbocycles. The predicted octanol–water partition coefficient (Wildman–Crippen LogP) is 2.61. The van der Waals surface area contributed by atoms with Crippen molar-refractivity contribution in [3.8, 4) is 0 Å². The van der Waals surface area contributed by atoms with E-state index < -0.39 is 0 Å². The summed E-state index contributed by atoms with van der Waals surface area (Å²) in [5.41, 5.74) is 3.52. The molecule has 3 rings (SSSR count). The van der Waals surface area contributed by atoms with E-state index in [2.05, 4.69) is 57.1 Å². The van der Waals surface area contributed by atoms with Crippen LogP contribution in [0.2, 0.25) is 0 Å². The summed E-state index contributed by atoms with van der Waals surface area (Å²) in [7, 11) is 0. The monoisotopic (exact) mass is 327 g/mol. The second-order valence-corrected chi connectivity index (χ2v) is 6.16. The lowest BCUT2D eigenvalue weighted by atomic mass is 10.1. The Morgan fingerprint density at radius 2 is 1.78 bits per heavy atom. The topological polar surface area (TPSA) is 44.3 Å². The lowest BCUT2D eigenvalue weighted by molar-refractivity contribution is 0.388. The Kier molecular flexibility index (Phi) is 4.71. The van der Waals surface area contributed by atoms with Crippen LogP contribution in [0.3, 0.4) is 0 Å². The van der Waals surface area contributed by atoms with Crippen molar-refractivity contribution in [1.82, 2.24) is 14.9 Å². The fourth-order valence-electron chi connectivity index (χ4n) is 2.63. The molecule has 0 spiro atoms. The Hall–Kier alpha value is -2.21. The number of nitrogens with zero attached hydrogens (tertiary/aromatic N) is 4. The maximum Gasteiger partial charge on any atom is 0.225 e. The highest BCUT2D eigenvalue weighted by atomic mass is 32.1. The minimum atomic E-state index is 0.785. The van der Waals surface area contributed by atoms with E-state index in [4.69, 9.17) is 12.2 Å². The summed E-state index contributed by atoms with van der Waals surface area (Å²) in [5, 5.41) is 4.17. The lowest BCUT2D eigenvalue weighted by Gasteiger charge is -2.36. The van der Waals surface area contributed by atoms with Gasteiger partial charge < -0.3 is 15.1 Å². The van der Waals surface area contributed by atoms with Gasteiger partial charge in [-0.15, -0.1) is 0 Å². The first-order chi connectivity index (χ1) is 11.1. The second-order valence-electron chi connectivity index (χ2n) is 5.77. The first kappa shape index (κ1) is 15.7. The Balaban J connectivity index is 1.59. The van der Waals surface area contributed by atoms with Crippen LogP contribution in [0, 0.1) is 13.8 Å². The number of benzene rings is 1. The van der Waals surface area contributed by atoms with Crippen molar-refractivity contribution < 1.29 is 0 Å². The number of rotatable bonds is 2. The van der Waals surface area contributed by atoms with E-state index in [1.165, 1.54) is 11.1 Å². The van der Waals surface area contributed by atoms with Crippen LogP contribution in [0.1, 0.15) is 11.1 Å². The lowest BCUT2D eigenvalue weighted by Crippen LogP contribution is -2.50. The minimum absolute atomic E-state index is 0.785. The van der Waals surface area contributed by atoms with E-state index in [0.29, 0.717) is 0 Å². The van der Waals surface area contributed by atoms with Gasteiger partial charge in [-0.05, 0) is 49.3 Å². The van der Waals surface area contributed by atoms with Crippen LogP contribution in [-0.4, -0.2) is 46.2 Å². The fourth-order valence-corrected chi connectivity index (χ4v) is 2.92. The summed E-state index contributed by atoms with van der Waals surface area (Å²) in [6, 6.07) is 8.20. The zero-order valence-corrected chi connectivity index (χ0v) is 14.3. The zero-order chi connectivity index (χ0) is 16.2. The van der Waals surface area contributed by atoms with Gasteiger partial charge in [-0.3, -0.25) is 0 Å². The number of aryl methyl sites for hydroxylation is 2. The van der Waals surface area contributed by atoms with Gasteiger partial charge in [0.05, 0.1) is 0 Å². The van der Waals surface area contributed by atoms with Gasteiger partial charge in [0, 0.05) is 44.3 Å². The minimum Gasteiger partial charge on any atom is -0.345 e. The molecule has 0 amide bonds. The molecule has 1 aliphatic rings.